The van der Waals surface area contributed by atoms with Crippen LogP contribution >= 0.6 is 46.4 Å². The minimum absolute atomic E-state index is 0.290. The lowest BCUT2D eigenvalue weighted by molar-refractivity contribution is -0.189. The number of hydrogen-bond acceptors (Lipinski definition) is 6. The molecule has 0 radical (unpaired) electrons. The van der Waals surface area contributed by atoms with Gasteiger partial charge in [0.1, 0.15) is 18.5 Å². The molecule has 0 bridgehead atoms. The Morgan fingerprint density at radius 2 is 1.62 bits per heavy atom. The monoisotopic (exact) mass is 646 g/mol. The van der Waals surface area contributed by atoms with Crippen molar-refractivity contribution >= 4 is 52.1 Å². The molecule has 2 saturated heterocycles. The van der Waals surface area contributed by atoms with Crippen molar-refractivity contribution in [3.63, 3.8) is 0 Å². The van der Waals surface area contributed by atoms with E-state index in [-0.39, 0.29) is 6.10 Å². The van der Waals surface area contributed by atoms with Gasteiger partial charge in [0.05, 0.1) is 24.5 Å². The van der Waals surface area contributed by atoms with Crippen LogP contribution in [0.25, 0.3) is 0 Å². The molecular formula is C31H30Cl4N4O3. The van der Waals surface area contributed by atoms with Crippen molar-refractivity contribution in [1.29, 1.82) is 0 Å². The van der Waals surface area contributed by atoms with Gasteiger partial charge in [-0.05, 0) is 54.1 Å². The van der Waals surface area contributed by atoms with Crippen molar-refractivity contribution in [1.82, 2.24) is 14.5 Å². The summed E-state index contributed by atoms with van der Waals surface area (Å²) >= 11 is 25.1. The highest BCUT2D eigenvalue weighted by Gasteiger charge is 2.45. The Kier molecular flexibility index (Phi) is 9.17. The van der Waals surface area contributed by atoms with Gasteiger partial charge in [0, 0.05) is 71.4 Å². The lowest BCUT2D eigenvalue weighted by atomic mass is 10.1. The number of ether oxygens (including phenoxy) is 3. The van der Waals surface area contributed by atoms with Crippen molar-refractivity contribution in [2.24, 2.45) is 0 Å². The lowest BCUT2D eigenvalue weighted by Crippen LogP contribution is -2.46. The Bertz CT molecular complexity index is 1500. The Morgan fingerprint density at radius 1 is 0.881 bits per heavy atom. The van der Waals surface area contributed by atoms with Crippen LogP contribution in [0, 0.1) is 0 Å². The first-order valence-corrected chi connectivity index (χ1v) is 15.3. The van der Waals surface area contributed by atoms with Gasteiger partial charge in [-0.15, -0.1) is 0 Å². The van der Waals surface area contributed by atoms with E-state index < -0.39 is 5.79 Å². The van der Waals surface area contributed by atoms with Crippen molar-refractivity contribution in [2.45, 2.75) is 25.0 Å². The Morgan fingerprint density at radius 3 is 2.31 bits per heavy atom. The van der Waals surface area contributed by atoms with Crippen LogP contribution in [0.15, 0.2) is 79.4 Å². The average molecular weight is 648 g/mol. The lowest BCUT2D eigenvalue weighted by Gasteiger charge is -2.36. The van der Waals surface area contributed by atoms with Gasteiger partial charge in [0.2, 0.25) is 5.79 Å². The molecule has 7 nitrogen and oxygen atoms in total. The fourth-order valence-corrected chi connectivity index (χ4v) is 6.39. The van der Waals surface area contributed by atoms with E-state index in [4.69, 9.17) is 60.6 Å². The molecule has 2 aliphatic rings. The molecule has 0 aliphatic carbocycles. The summed E-state index contributed by atoms with van der Waals surface area (Å²) in [6.07, 6.45) is 5.01. The summed E-state index contributed by atoms with van der Waals surface area (Å²) in [6, 6.07) is 19.2. The van der Waals surface area contributed by atoms with Gasteiger partial charge in [-0.1, -0.05) is 58.5 Å². The third-order valence-corrected chi connectivity index (χ3v) is 8.70. The minimum Gasteiger partial charge on any atom is -0.491 e. The van der Waals surface area contributed by atoms with Crippen molar-refractivity contribution in [2.75, 3.05) is 44.3 Å². The summed E-state index contributed by atoms with van der Waals surface area (Å²) in [4.78, 5) is 8.95. The number of hydrogen-bond donors (Lipinski definition) is 0. The fourth-order valence-electron chi connectivity index (χ4n) is 5.37. The van der Waals surface area contributed by atoms with E-state index in [0.29, 0.717) is 45.4 Å². The predicted octanol–water partition coefficient (Wildman–Crippen LogP) is 7.17. The minimum atomic E-state index is -1.08. The predicted molar refractivity (Wildman–Crippen MR) is 167 cm³/mol. The maximum Gasteiger partial charge on any atom is 0.215 e. The molecule has 1 aromatic heterocycles. The number of anilines is 1. The molecule has 42 heavy (non-hydrogen) atoms. The molecule has 220 valence electrons. The molecule has 0 saturated carbocycles. The maximum absolute atomic E-state index is 6.58. The molecular weight excluding hydrogens is 618 g/mol. The molecule has 11 heteroatoms. The second-order valence-electron chi connectivity index (χ2n) is 10.5. The van der Waals surface area contributed by atoms with Crippen LogP contribution in [-0.4, -0.2) is 59.9 Å². The SMILES string of the molecule is Clc1ccc(CN2CCN(c3ccc(OCC4COC(Cn5ccnc5)(c5ccc(Cl)cc5Cl)O4)cc3)CC2)c(Cl)c1. The second kappa shape index (κ2) is 13.0. The Labute approximate surface area is 265 Å². The summed E-state index contributed by atoms with van der Waals surface area (Å²) in [5.41, 5.74) is 2.98. The smallest absolute Gasteiger partial charge is 0.215 e. The molecule has 4 aromatic rings. The number of benzene rings is 3. The molecule has 0 spiro atoms. The zero-order valence-electron chi connectivity index (χ0n) is 22.8. The van der Waals surface area contributed by atoms with E-state index in [9.17, 15) is 0 Å². The van der Waals surface area contributed by atoms with E-state index in [1.54, 1.807) is 30.7 Å². The van der Waals surface area contributed by atoms with Gasteiger partial charge >= 0.3 is 0 Å². The first kappa shape index (κ1) is 29.6. The highest BCUT2D eigenvalue weighted by Crippen LogP contribution is 2.40. The molecule has 6 rings (SSSR count). The molecule has 0 N–H and O–H groups in total. The van der Waals surface area contributed by atoms with Crippen LogP contribution in [0.1, 0.15) is 11.1 Å². The van der Waals surface area contributed by atoms with Crippen LogP contribution in [0.2, 0.25) is 20.1 Å². The van der Waals surface area contributed by atoms with E-state index >= 15 is 0 Å². The van der Waals surface area contributed by atoms with E-state index in [0.717, 1.165) is 44.0 Å². The molecule has 2 unspecified atom stereocenters. The number of imidazole rings is 1. The van der Waals surface area contributed by atoms with Crippen LogP contribution in [0.4, 0.5) is 5.69 Å². The standard InChI is InChI=1S/C31H30Cl4N4O3/c32-23-2-1-22(29(34)15-23)17-37-11-13-39(14-12-37)25-4-6-26(7-5-25)40-18-27-19-41-31(42-27,20-38-10-9-36-21-38)28-8-3-24(33)16-30(28)35/h1-10,15-16,21,27H,11-14,17-20H2. The van der Waals surface area contributed by atoms with E-state index in [2.05, 4.69) is 26.9 Å². The molecule has 2 atom stereocenters. The third kappa shape index (κ3) is 6.84. The van der Waals surface area contributed by atoms with Crippen LogP contribution in [0.3, 0.4) is 0 Å². The van der Waals surface area contributed by atoms with Crippen LogP contribution in [-0.2, 0) is 28.4 Å². The highest BCUT2D eigenvalue weighted by molar-refractivity contribution is 6.35. The van der Waals surface area contributed by atoms with E-state index in [1.165, 1.54) is 5.69 Å². The first-order chi connectivity index (χ1) is 20.4. The molecule has 0 amide bonds. The van der Waals surface area contributed by atoms with Crippen LogP contribution < -0.4 is 9.64 Å². The van der Waals surface area contributed by atoms with Gasteiger partial charge in [-0.25, -0.2) is 4.98 Å². The average Bonchev–Trinajstić information content (AvgIpc) is 3.65. The fraction of sp³-hybridized carbons (Fsp3) is 0.323. The largest absolute Gasteiger partial charge is 0.491 e. The van der Waals surface area contributed by atoms with Crippen LogP contribution in [0.5, 0.6) is 5.75 Å². The van der Waals surface area contributed by atoms with Crippen molar-refractivity contribution in [3.05, 3.63) is 111 Å². The Balaban J connectivity index is 1.03. The van der Waals surface area contributed by atoms with Crippen molar-refractivity contribution in [3.8, 4) is 5.75 Å². The summed E-state index contributed by atoms with van der Waals surface area (Å²) in [6.45, 7) is 5.68. The molecule has 3 heterocycles. The van der Waals surface area contributed by atoms with Gasteiger partial charge in [-0.3, -0.25) is 4.90 Å². The first-order valence-electron chi connectivity index (χ1n) is 13.7. The zero-order chi connectivity index (χ0) is 29.1. The quantitative estimate of drug-likeness (QED) is 0.192. The van der Waals surface area contributed by atoms with E-state index in [1.807, 2.05) is 41.1 Å². The van der Waals surface area contributed by atoms with Gasteiger partial charge in [0.25, 0.3) is 0 Å². The van der Waals surface area contributed by atoms with Crippen molar-refractivity contribution < 1.29 is 14.2 Å². The summed E-state index contributed by atoms with van der Waals surface area (Å²) < 4.78 is 20.8. The number of halogens is 4. The molecule has 2 aliphatic heterocycles. The summed E-state index contributed by atoms with van der Waals surface area (Å²) in [7, 11) is 0. The summed E-state index contributed by atoms with van der Waals surface area (Å²) in [5.74, 6) is -0.309. The normalized spacial score (nSPS) is 21.1. The number of rotatable bonds is 9. The van der Waals surface area contributed by atoms with Gasteiger partial charge in [0.15, 0.2) is 0 Å². The topological polar surface area (TPSA) is 52.0 Å². The van der Waals surface area contributed by atoms with Gasteiger partial charge in [-0.2, -0.15) is 0 Å². The molecule has 2 fully saturated rings. The summed E-state index contributed by atoms with van der Waals surface area (Å²) in [5, 5.41) is 2.40. The highest BCUT2D eigenvalue weighted by atomic mass is 35.5. The number of nitrogens with zero attached hydrogens (tertiary/aromatic N) is 4. The number of aromatic nitrogens is 2. The van der Waals surface area contributed by atoms with Gasteiger partial charge < -0.3 is 23.7 Å². The zero-order valence-corrected chi connectivity index (χ0v) is 25.8. The number of piperazine rings is 1. The Hall–Kier alpha value is -2.49. The molecule has 3 aromatic carbocycles. The third-order valence-electron chi connectivity index (χ3n) is 7.57. The maximum atomic E-state index is 6.58. The second-order valence-corrected chi connectivity index (χ2v) is 12.2.